The summed E-state index contributed by atoms with van der Waals surface area (Å²) in [6, 6.07) is 0. The third kappa shape index (κ3) is 3.47. The van der Waals surface area contributed by atoms with Crippen molar-refractivity contribution in [1.82, 2.24) is 9.97 Å². The van der Waals surface area contributed by atoms with Crippen molar-refractivity contribution in [1.29, 1.82) is 0 Å². The maximum atomic E-state index is 12.5. The maximum absolute atomic E-state index is 12.5. The molecule has 0 aromatic carbocycles. The van der Waals surface area contributed by atoms with Crippen molar-refractivity contribution in [2.24, 2.45) is 23.7 Å². The third-order valence-corrected chi connectivity index (χ3v) is 6.30. The maximum Gasteiger partial charge on any atom is 0.309 e. The van der Waals surface area contributed by atoms with E-state index < -0.39 is 9.84 Å². The number of fused-ring (bicyclic) bond motifs is 1. The van der Waals surface area contributed by atoms with Crippen molar-refractivity contribution in [3.63, 3.8) is 0 Å². The zero-order valence-electron chi connectivity index (χ0n) is 15.5. The van der Waals surface area contributed by atoms with Crippen molar-refractivity contribution in [3.8, 4) is 0 Å². The van der Waals surface area contributed by atoms with E-state index in [1.165, 1.54) is 6.20 Å². The Labute approximate surface area is 154 Å². The molecule has 2 heterocycles. The fourth-order valence-electron chi connectivity index (χ4n) is 4.00. The summed E-state index contributed by atoms with van der Waals surface area (Å²) in [6.07, 6.45) is 6.74. The van der Waals surface area contributed by atoms with Gasteiger partial charge < -0.3 is 9.64 Å². The molecule has 0 spiro atoms. The molecule has 3 rings (SSSR count). The number of rotatable bonds is 4. The highest BCUT2D eigenvalue weighted by molar-refractivity contribution is 7.90. The first-order valence-electron chi connectivity index (χ1n) is 8.86. The number of hydrogen-bond donors (Lipinski definition) is 0. The number of carbonyl (C=O) groups is 1. The zero-order chi connectivity index (χ0) is 19.1. The number of carbonyl (C=O) groups excluding carboxylic acids is 1. The van der Waals surface area contributed by atoms with Gasteiger partial charge in [-0.15, -0.1) is 0 Å². The molecule has 1 aromatic rings. The summed E-state index contributed by atoms with van der Waals surface area (Å²) in [5.41, 5.74) is 0. The summed E-state index contributed by atoms with van der Waals surface area (Å²) in [7, 11) is -3.45. The van der Waals surface area contributed by atoms with Crippen LogP contribution in [0.5, 0.6) is 0 Å². The fraction of sp³-hybridized carbons (Fsp3) is 0.611. The van der Waals surface area contributed by atoms with Gasteiger partial charge >= 0.3 is 5.97 Å². The van der Waals surface area contributed by atoms with Crippen molar-refractivity contribution in [2.45, 2.75) is 25.7 Å². The van der Waals surface area contributed by atoms with Crippen molar-refractivity contribution < 1.29 is 17.9 Å². The van der Waals surface area contributed by atoms with E-state index >= 15 is 0 Å². The van der Waals surface area contributed by atoms with E-state index in [-0.39, 0.29) is 34.5 Å². The first-order chi connectivity index (χ1) is 12.2. The van der Waals surface area contributed by atoms with E-state index in [1.807, 2.05) is 18.7 Å². The number of anilines is 1. The van der Waals surface area contributed by atoms with Gasteiger partial charge in [0.15, 0.2) is 15.7 Å². The van der Waals surface area contributed by atoms with Gasteiger partial charge in [0.25, 0.3) is 0 Å². The van der Waals surface area contributed by atoms with E-state index in [9.17, 15) is 13.2 Å². The Morgan fingerprint density at radius 2 is 2.08 bits per heavy atom. The van der Waals surface area contributed by atoms with Crippen LogP contribution in [0.25, 0.3) is 0 Å². The van der Waals surface area contributed by atoms with Gasteiger partial charge in [-0.05, 0) is 31.6 Å². The standard InChI is InChI=1S/C18H25N3O4S/c1-5-25-18(22)16-11(2)6-7-13-9-21(10-14(13)16)17-15(26(4,23)24)8-19-12(3)20-17/h6-8,11,13-14,16H,5,9-10H2,1-4H3/t11-,13-,14+,16+/m0/s1. The zero-order valence-corrected chi connectivity index (χ0v) is 16.4. The first kappa shape index (κ1) is 18.8. The van der Waals surface area contributed by atoms with Crippen LogP contribution >= 0.6 is 0 Å². The van der Waals surface area contributed by atoms with Gasteiger partial charge in [0.05, 0.1) is 18.7 Å². The molecule has 0 N–H and O–H groups in total. The third-order valence-electron chi connectivity index (χ3n) is 5.22. The highest BCUT2D eigenvalue weighted by Gasteiger charge is 2.45. The average Bonchev–Trinajstić information content (AvgIpc) is 2.97. The molecule has 0 unspecified atom stereocenters. The number of aromatic nitrogens is 2. The lowest BCUT2D eigenvalue weighted by atomic mass is 9.72. The Morgan fingerprint density at radius 1 is 1.35 bits per heavy atom. The second-order valence-electron chi connectivity index (χ2n) is 7.13. The van der Waals surface area contributed by atoms with Crippen molar-refractivity contribution in [3.05, 3.63) is 24.2 Å². The molecule has 0 bridgehead atoms. The monoisotopic (exact) mass is 379 g/mol. The lowest BCUT2D eigenvalue weighted by Crippen LogP contribution is -2.37. The lowest BCUT2D eigenvalue weighted by molar-refractivity contribution is -0.151. The normalized spacial score (nSPS) is 28.1. The molecule has 1 aliphatic carbocycles. The number of sulfone groups is 1. The molecule has 142 valence electrons. The molecule has 4 atom stereocenters. The molecular weight excluding hydrogens is 354 g/mol. The minimum Gasteiger partial charge on any atom is -0.466 e. The second kappa shape index (κ2) is 6.98. The summed E-state index contributed by atoms with van der Waals surface area (Å²) in [6.45, 7) is 7.12. The van der Waals surface area contributed by atoms with Gasteiger partial charge in [0, 0.05) is 19.3 Å². The second-order valence-corrected chi connectivity index (χ2v) is 9.12. The largest absolute Gasteiger partial charge is 0.466 e. The number of allylic oxidation sites excluding steroid dienone is 1. The number of aryl methyl sites for hydroxylation is 1. The molecule has 8 heteroatoms. The number of nitrogens with zero attached hydrogens (tertiary/aromatic N) is 3. The van der Waals surface area contributed by atoms with Crippen molar-refractivity contribution in [2.75, 3.05) is 30.9 Å². The Kier molecular flexibility index (Phi) is 5.05. The predicted molar refractivity (Wildman–Crippen MR) is 97.5 cm³/mol. The van der Waals surface area contributed by atoms with Crippen LogP contribution in [0, 0.1) is 30.6 Å². The molecule has 0 radical (unpaired) electrons. The van der Waals surface area contributed by atoms with Gasteiger partial charge in [0.2, 0.25) is 0 Å². The quantitative estimate of drug-likeness (QED) is 0.580. The Bertz CT molecular complexity index is 837. The first-order valence-corrected chi connectivity index (χ1v) is 10.7. The predicted octanol–water partition coefficient (Wildman–Crippen LogP) is 1.63. The fourth-order valence-corrected chi connectivity index (χ4v) is 4.75. The van der Waals surface area contributed by atoms with E-state index in [4.69, 9.17) is 4.74 Å². The van der Waals surface area contributed by atoms with Crippen LogP contribution in [0.2, 0.25) is 0 Å². The molecule has 26 heavy (non-hydrogen) atoms. The molecule has 1 aromatic heterocycles. The van der Waals surface area contributed by atoms with Crippen molar-refractivity contribution >= 4 is 21.6 Å². The van der Waals surface area contributed by atoms with Gasteiger partial charge in [-0.1, -0.05) is 19.1 Å². The molecule has 1 aliphatic heterocycles. The summed E-state index contributed by atoms with van der Waals surface area (Å²) < 4.78 is 29.6. The van der Waals surface area contributed by atoms with E-state index in [0.29, 0.717) is 31.3 Å². The number of esters is 1. The van der Waals surface area contributed by atoms with Gasteiger partial charge in [0.1, 0.15) is 10.7 Å². The van der Waals surface area contributed by atoms with Crippen LogP contribution in [0.1, 0.15) is 19.7 Å². The van der Waals surface area contributed by atoms with Crippen LogP contribution in [-0.4, -0.2) is 50.3 Å². The molecule has 2 aliphatic rings. The van der Waals surface area contributed by atoms with Crippen LogP contribution in [0.4, 0.5) is 5.82 Å². The summed E-state index contributed by atoms with van der Waals surface area (Å²) in [5.74, 6) is 0.894. The Hall–Kier alpha value is -1.96. The highest BCUT2D eigenvalue weighted by atomic mass is 32.2. The van der Waals surface area contributed by atoms with E-state index in [1.54, 1.807) is 6.92 Å². The minimum absolute atomic E-state index is 0.0803. The summed E-state index contributed by atoms with van der Waals surface area (Å²) in [4.78, 5) is 23.0. The van der Waals surface area contributed by atoms with E-state index in [2.05, 4.69) is 22.1 Å². The Morgan fingerprint density at radius 3 is 2.73 bits per heavy atom. The van der Waals surface area contributed by atoms with Gasteiger partial charge in [-0.25, -0.2) is 18.4 Å². The Balaban J connectivity index is 1.95. The molecule has 1 fully saturated rings. The average molecular weight is 379 g/mol. The van der Waals surface area contributed by atoms with Crippen LogP contribution < -0.4 is 4.90 Å². The molecular formula is C18H25N3O4S. The van der Waals surface area contributed by atoms with Gasteiger partial charge in [-0.2, -0.15) is 0 Å². The minimum atomic E-state index is -3.45. The molecule has 0 amide bonds. The highest BCUT2D eigenvalue weighted by Crippen LogP contribution is 2.42. The van der Waals surface area contributed by atoms with Crippen LogP contribution in [-0.2, 0) is 19.4 Å². The molecule has 7 nitrogen and oxygen atoms in total. The summed E-state index contributed by atoms with van der Waals surface area (Å²) in [5, 5.41) is 0. The smallest absolute Gasteiger partial charge is 0.309 e. The number of hydrogen-bond acceptors (Lipinski definition) is 7. The van der Waals surface area contributed by atoms with Crippen LogP contribution in [0.3, 0.4) is 0 Å². The van der Waals surface area contributed by atoms with Crippen LogP contribution in [0.15, 0.2) is 23.2 Å². The number of ether oxygens (including phenoxy) is 1. The SMILES string of the molecule is CCOC(=O)[C@H]1[C@@H]2CN(c3nc(C)ncc3S(C)(=O)=O)C[C@@H]2C=C[C@@H]1C. The van der Waals surface area contributed by atoms with E-state index in [0.717, 1.165) is 6.26 Å². The topological polar surface area (TPSA) is 89.5 Å². The molecule has 1 saturated heterocycles. The lowest BCUT2D eigenvalue weighted by Gasteiger charge is -2.31. The summed E-state index contributed by atoms with van der Waals surface area (Å²) >= 11 is 0. The molecule has 0 saturated carbocycles. The van der Waals surface area contributed by atoms with Gasteiger partial charge in [-0.3, -0.25) is 4.79 Å².